The van der Waals surface area contributed by atoms with E-state index < -0.39 is 0 Å². The Kier molecular flexibility index (Phi) is 5.03. The summed E-state index contributed by atoms with van der Waals surface area (Å²) in [5.41, 5.74) is 2.40. The lowest BCUT2D eigenvalue weighted by Crippen LogP contribution is -2.35. The smallest absolute Gasteiger partial charge is 0.264 e. The van der Waals surface area contributed by atoms with Gasteiger partial charge in [0.25, 0.3) is 5.91 Å². The number of carbonyl (C=O) groups excluding carboxylic acids is 2. The molecule has 0 saturated carbocycles. The van der Waals surface area contributed by atoms with Crippen LogP contribution in [0.5, 0.6) is 5.75 Å². The first kappa shape index (κ1) is 17.0. The van der Waals surface area contributed by atoms with Crippen LogP contribution in [0.4, 0.5) is 11.4 Å². The van der Waals surface area contributed by atoms with Crippen LogP contribution < -0.4 is 15.0 Å². The number of ketones is 1. The zero-order chi connectivity index (χ0) is 17.8. The number of carbonyl (C=O) groups is 2. The maximum atomic E-state index is 12.7. The fraction of sp³-hybridized carbons (Fsp3) is 0.300. The quantitative estimate of drug-likeness (QED) is 0.867. The van der Waals surface area contributed by atoms with Gasteiger partial charge in [-0.3, -0.25) is 9.59 Å². The molecule has 0 fully saturated rings. The molecule has 25 heavy (non-hydrogen) atoms. The van der Waals surface area contributed by atoms with Gasteiger partial charge in [0.05, 0.1) is 11.4 Å². The van der Waals surface area contributed by atoms with E-state index in [4.69, 9.17) is 4.74 Å². The second-order valence-electron chi connectivity index (χ2n) is 6.27. The van der Waals surface area contributed by atoms with Gasteiger partial charge in [-0.2, -0.15) is 0 Å². The number of para-hydroxylation sites is 2. The fourth-order valence-corrected chi connectivity index (χ4v) is 2.90. The third-order valence-electron chi connectivity index (χ3n) is 4.29. The normalized spacial score (nSPS) is 16.4. The minimum absolute atomic E-state index is 0.0294. The van der Waals surface area contributed by atoms with Crippen LogP contribution in [0.25, 0.3) is 0 Å². The summed E-state index contributed by atoms with van der Waals surface area (Å²) in [7, 11) is 0. The molecule has 1 aliphatic heterocycles. The molecule has 1 atom stereocenters. The summed E-state index contributed by atoms with van der Waals surface area (Å²) in [4.78, 5) is 25.9. The van der Waals surface area contributed by atoms with Gasteiger partial charge in [-0.25, -0.2) is 0 Å². The van der Waals surface area contributed by atoms with Crippen molar-refractivity contribution < 1.29 is 14.3 Å². The Labute approximate surface area is 147 Å². The van der Waals surface area contributed by atoms with E-state index in [1.807, 2.05) is 24.3 Å². The molecular formula is C20H22N2O3. The molecule has 2 aromatic rings. The third kappa shape index (κ3) is 3.99. The Balaban J connectivity index is 1.73. The molecule has 1 amide bonds. The van der Waals surface area contributed by atoms with Crippen molar-refractivity contribution in [1.29, 1.82) is 0 Å². The lowest BCUT2D eigenvalue weighted by atomic mass is 10.1. The first-order valence-corrected chi connectivity index (χ1v) is 8.44. The number of amides is 1. The van der Waals surface area contributed by atoms with Gasteiger partial charge in [0, 0.05) is 18.2 Å². The molecule has 0 radical (unpaired) electrons. The van der Waals surface area contributed by atoms with Crippen molar-refractivity contribution in [3.63, 3.8) is 0 Å². The zero-order valence-corrected chi connectivity index (χ0v) is 14.5. The second kappa shape index (κ2) is 7.38. The summed E-state index contributed by atoms with van der Waals surface area (Å²) >= 11 is 0. The molecule has 2 aromatic carbocycles. The summed E-state index contributed by atoms with van der Waals surface area (Å²) in [6.07, 6.45) is 0.861. The number of benzene rings is 2. The van der Waals surface area contributed by atoms with E-state index in [9.17, 15) is 9.59 Å². The minimum Gasteiger partial charge on any atom is -0.484 e. The number of Topliss-reactive ketones (excluding diaryl/α,β-unsaturated/α-hetero) is 1. The number of hydrogen-bond donors (Lipinski definition) is 1. The number of fused-ring (bicyclic) bond motifs is 1. The van der Waals surface area contributed by atoms with Gasteiger partial charge in [-0.05, 0) is 44.5 Å². The molecule has 5 heteroatoms. The maximum absolute atomic E-state index is 12.7. The zero-order valence-electron chi connectivity index (χ0n) is 14.5. The number of rotatable bonds is 4. The van der Waals surface area contributed by atoms with Crippen LogP contribution in [0.1, 0.15) is 30.6 Å². The van der Waals surface area contributed by atoms with Crippen LogP contribution in [-0.2, 0) is 4.79 Å². The molecule has 5 nitrogen and oxygen atoms in total. The van der Waals surface area contributed by atoms with Crippen molar-refractivity contribution in [2.24, 2.45) is 0 Å². The maximum Gasteiger partial charge on any atom is 0.264 e. The Hall–Kier alpha value is -2.82. The predicted octanol–water partition coefficient (Wildman–Crippen LogP) is 3.51. The summed E-state index contributed by atoms with van der Waals surface area (Å²) < 4.78 is 5.63. The fourth-order valence-electron chi connectivity index (χ4n) is 2.90. The van der Waals surface area contributed by atoms with Crippen LogP contribution in [0.2, 0.25) is 0 Å². The van der Waals surface area contributed by atoms with E-state index in [0.29, 0.717) is 23.9 Å². The predicted molar refractivity (Wildman–Crippen MR) is 98.4 cm³/mol. The van der Waals surface area contributed by atoms with Crippen molar-refractivity contribution in [3.05, 3.63) is 54.1 Å². The van der Waals surface area contributed by atoms with Crippen molar-refractivity contribution in [1.82, 2.24) is 0 Å². The van der Waals surface area contributed by atoms with Crippen LogP contribution >= 0.6 is 0 Å². The van der Waals surface area contributed by atoms with E-state index in [1.165, 1.54) is 6.92 Å². The van der Waals surface area contributed by atoms with E-state index in [-0.39, 0.29) is 18.3 Å². The number of nitrogens with one attached hydrogen (secondary N) is 1. The first-order chi connectivity index (χ1) is 12.0. The average Bonchev–Trinajstić information content (AvgIpc) is 2.78. The lowest BCUT2D eigenvalue weighted by molar-refractivity contribution is -0.120. The highest BCUT2D eigenvalue weighted by Gasteiger charge is 2.23. The van der Waals surface area contributed by atoms with Crippen molar-refractivity contribution in [2.75, 3.05) is 23.4 Å². The van der Waals surface area contributed by atoms with Gasteiger partial charge in [0.2, 0.25) is 0 Å². The van der Waals surface area contributed by atoms with Crippen molar-refractivity contribution >= 4 is 23.1 Å². The molecule has 0 saturated heterocycles. The van der Waals surface area contributed by atoms with Crippen LogP contribution in [-0.4, -0.2) is 30.9 Å². The van der Waals surface area contributed by atoms with Gasteiger partial charge in [0.1, 0.15) is 5.75 Å². The molecular weight excluding hydrogens is 316 g/mol. The van der Waals surface area contributed by atoms with Crippen LogP contribution in [0.3, 0.4) is 0 Å². The number of ether oxygens (including phenoxy) is 1. The summed E-state index contributed by atoms with van der Waals surface area (Å²) in [6.45, 7) is 4.19. The highest BCUT2D eigenvalue weighted by Crippen LogP contribution is 2.29. The molecule has 1 heterocycles. The Bertz CT molecular complexity index is 788. The Morgan fingerprint density at radius 1 is 1.20 bits per heavy atom. The standard InChI is InChI=1S/C20H22N2O3/c1-14-10-11-22(19-9-4-3-8-18(19)21-14)20(24)13-25-17-7-5-6-16(12-17)15(2)23/h3-9,12,14,21H,10-11,13H2,1-2H3. The van der Waals surface area contributed by atoms with E-state index in [0.717, 1.165) is 17.8 Å². The Morgan fingerprint density at radius 3 is 2.80 bits per heavy atom. The van der Waals surface area contributed by atoms with Gasteiger partial charge in [0.15, 0.2) is 12.4 Å². The molecule has 130 valence electrons. The molecule has 3 rings (SSSR count). The van der Waals surface area contributed by atoms with E-state index in [1.54, 1.807) is 29.2 Å². The molecule has 1 aliphatic rings. The minimum atomic E-state index is -0.100. The molecule has 0 aliphatic carbocycles. The number of hydrogen-bond acceptors (Lipinski definition) is 4. The highest BCUT2D eigenvalue weighted by atomic mass is 16.5. The van der Waals surface area contributed by atoms with E-state index in [2.05, 4.69) is 12.2 Å². The molecule has 0 spiro atoms. The SMILES string of the molecule is CC(=O)c1cccc(OCC(=O)N2CCC(C)Nc3ccccc32)c1. The molecule has 0 aromatic heterocycles. The topological polar surface area (TPSA) is 58.6 Å². The van der Waals surface area contributed by atoms with Crippen molar-refractivity contribution in [2.45, 2.75) is 26.3 Å². The summed E-state index contributed by atoms with van der Waals surface area (Å²) in [6, 6.07) is 15.0. The lowest BCUT2D eigenvalue weighted by Gasteiger charge is -2.22. The second-order valence-corrected chi connectivity index (χ2v) is 6.27. The average molecular weight is 338 g/mol. The third-order valence-corrected chi connectivity index (χ3v) is 4.29. The summed E-state index contributed by atoms with van der Waals surface area (Å²) in [5.74, 6) is 0.394. The monoisotopic (exact) mass is 338 g/mol. The van der Waals surface area contributed by atoms with E-state index >= 15 is 0 Å². The largest absolute Gasteiger partial charge is 0.484 e. The number of nitrogens with zero attached hydrogens (tertiary/aromatic N) is 1. The first-order valence-electron chi connectivity index (χ1n) is 8.44. The molecule has 1 unspecified atom stereocenters. The van der Waals surface area contributed by atoms with Crippen molar-refractivity contribution in [3.8, 4) is 5.75 Å². The van der Waals surface area contributed by atoms with Crippen LogP contribution in [0, 0.1) is 0 Å². The Morgan fingerprint density at radius 2 is 2.00 bits per heavy atom. The van der Waals surface area contributed by atoms with Crippen LogP contribution in [0.15, 0.2) is 48.5 Å². The van der Waals surface area contributed by atoms with Gasteiger partial charge in [-0.1, -0.05) is 24.3 Å². The number of anilines is 2. The highest BCUT2D eigenvalue weighted by molar-refractivity contribution is 5.98. The van der Waals surface area contributed by atoms with Gasteiger partial charge >= 0.3 is 0 Å². The molecule has 1 N–H and O–H groups in total. The molecule has 0 bridgehead atoms. The van der Waals surface area contributed by atoms with Gasteiger partial charge < -0.3 is 15.0 Å². The summed E-state index contributed by atoms with van der Waals surface area (Å²) in [5, 5.41) is 3.43. The van der Waals surface area contributed by atoms with Gasteiger partial charge in [-0.15, -0.1) is 0 Å².